The summed E-state index contributed by atoms with van der Waals surface area (Å²) < 4.78 is 1.62. The molecule has 0 radical (unpaired) electrons. The van der Waals surface area contributed by atoms with Crippen LogP contribution in [-0.2, 0) is 20.8 Å². The molecule has 1 aromatic carbocycles. The van der Waals surface area contributed by atoms with Gasteiger partial charge in [0.15, 0.2) is 6.10 Å². The van der Waals surface area contributed by atoms with Gasteiger partial charge in [0.25, 0.3) is 0 Å². The maximum Gasteiger partial charge on any atom is 0.233 e. The first-order chi connectivity index (χ1) is 18.3. The number of rotatable bonds is 8. The van der Waals surface area contributed by atoms with Crippen molar-refractivity contribution in [1.29, 1.82) is 0 Å². The monoisotopic (exact) mass is 525 g/mol. The highest BCUT2D eigenvalue weighted by Crippen LogP contribution is 2.49. The second-order valence-corrected chi connectivity index (χ2v) is 10.6. The molecule has 8 atom stereocenters. The molecule has 1 aromatic heterocycles. The molecule has 3 fully saturated rings. The van der Waals surface area contributed by atoms with E-state index in [1.807, 2.05) is 30.3 Å². The summed E-state index contributed by atoms with van der Waals surface area (Å²) in [6, 6.07) is 9.54. The van der Waals surface area contributed by atoms with Crippen molar-refractivity contribution in [2.45, 2.75) is 63.9 Å². The molecule has 2 aliphatic carbocycles. The molecule has 11 heteroatoms. The summed E-state index contributed by atoms with van der Waals surface area (Å²) in [5.74, 6) is -2.44. The van der Waals surface area contributed by atoms with Crippen LogP contribution in [-0.4, -0.2) is 78.1 Å². The SMILES string of the molecule is CCN1C(=O)[C@@H]2[C@H]3[C@H](O)[C@H](O)CC(=NO[C@H](C)c4cn([C@H](CO)Cc5ccccc5)nn4)[C@@H]3CC[C@H]2C1=O. The maximum atomic E-state index is 13.0. The molecule has 2 amide bonds. The van der Waals surface area contributed by atoms with Crippen molar-refractivity contribution in [2.75, 3.05) is 13.2 Å². The van der Waals surface area contributed by atoms with Crippen molar-refractivity contribution in [2.24, 2.45) is 28.8 Å². The molecular formula is C27H35N5O6. The van der Waals surface area contributed by atoms with Crippen molar-refractivity contribution >= 4 is 17.5 Å². The normalized spacial score (nSPS) is 31.7. The summed E-state index contributed by atoms with van der Waals surface area (Å²) in [7, 11) is 0. The number of fused-ring (bicyclic) bond motifs is 3. The van der Waals surface area contributed by atoms with Gasteiger partial charge >= 0.3 is 0 Å². The van der Waals surface area contributed by atoms with E-state index in [0.29, 0.717) is 37.2 Å². The van der Waals surface area contributed by atoms with E-state index in [2.05, 4.69) is 15.5 Å². The Bertz CT molecular complexity index is 1190. The van der Waals surface area contributed by atoms with Crippen LogP contribution < -0.4 is 0 Å². The second-order valence-electron chi connectivity index (χ2n) is 10.6. The number of oxime groups is 1. The molecule has 11 nitrogen and oxygen atoms in total. The van der Waals surface area contributed by atoms with Gasteiger partial charge in [-0.25, -0.2) is 4.68 Å². The van der Waals surface area contributed by atoms with Gasteiger partial charge in [-0.05, 0) is 38.7 Å². The quantitative estimate of drug-likeness (QED) is 0.344. The smallest absolute Gasteiger partial charge is 0.233 e. The van der Waals surface area contributed by atoms with Crippen LogP contribution in [0.4, 0.5) is 0 Å². The van der Waals surface area contributed by atoms with Gasteiger partial charge in [-0.2, -0.15) is 0 Å². The first-order valence-electron chi connectivity index (χ1n) is 13.3. The average molecular weight is 526 g/mol. The lowest BCUT2D eigenvalue weighted by Gasteiger charge is -2.45. The minimum Gasteiger partial charge on any atom is -0.394 e. The molecule has 3 N–H and O–H groups in total. The van der Waals surface area contributed by atoms with Crippen LogP contribution in [0.2, 0.25) is 0 Å². The van der Waals surface area contributed by atoms with Gasteiger partial charge in [0.05, 0.1) is 48.6 Å². The van der Waals surface area contributed by atoms with E-state index in [0.717, 1.165) is 5.56 Å². The van der Waals surface area contributed by atoms with E-state index in [9.17, 15) is 24.9 Å². The van der Waals surface area contributed by atoms with Gasteiger partial charge in [-0.15, -0.1) is 5.10 Å². The third kappa shape index (κ3) is 4.74. The van der Waals surface area contributed by atoms with E-state index in [-0.39, 0.29) is 36.8 Å². The first kappa shape index (κ1) is 26.5. The lowest BCUT2D eigenvalue weighted by atomic mass is 9.60. The Morgan fingerprint density at radius 3 is 2.58 bits per heavy atom. The van der Waals surface area contributed by atoms with Crippen LogP contribution in [0.25, 0.3) is 0 Å². The van der Waals surface area contributed by atoms with Crippen LogP contribution in [0.15, 0.2) is 41.7 Å². The van der Waals surface area contributed by atoms with Crippen molar-refractivity contribution in [3.05, 3.63) is 47.8 Å². The zero-order valence-corrected chi connectivity index (χ0v) is 21.6. The van der Waals surface area contributed by atoms with Crippen molar-refractivity contribution in [3.8, 4) is 0 Å². The lowest BCUT2D eigenvalue weighted by Crippen LogP contribution is -2.54. The average Bonchev–Trinajstić information content (AvgIpc) is 3.51. The number of carbonyl (C=O) groups excluding carboxylic acids is 2. The highest BCUT2D eigenvalue weighted by molar-refractivity contribution is 6.06. The van der Waals surface area contributed by atoms with E-state index in [1.165, 1.54) is 4.90 Å². The second kappa shape index (κ2) is 10.9. The summed E-state index contributed by atoms with van der Waals surface area (Å²) in [6.45, 7) is 3.74. The lowest BCUT2D eigenvalue weighted by molar-refractivity contribution is -0.141. The minimum absolute atomic E-state index is 0.0998. The predicted octanol–water partition coefficient (Wildman–Crippen LogP) is 1.26. The largest absolute Gasteiger partial charge is 0.394 e. The van der Waals surface area contributed by atoms with Crippen molar-refractivity contribution in [1.82, 2.24) is 19.9 Å². The molecule has 2 heterocycles. The van der Waals surface area contributed by atoms with Crippen LogP contribution in [0.5, 0.6) is 0 Å². The summed E-state index contributed by atoms with van der Waals surface area (Å²) >= 11 is 0. The minimum atomic E-state index is -1.11. The summed E-state index contributed by atoms with van der Waals surface area (Å²) in [5.41, 5.74) is 2.19. The highest BCUT2D eigenvalue weighted by atomic mass is 16.6. The molecule has 3 aliphatic rings. The van der Waals surface area contributed by atoms with Crippen LogP contribution in [0.3, 0.4) is 0 Å². The number of hydrogen-bond donors (Lipinski definition) is 3. The van der Waals surface area contributed by atoms with Gasteiger partial charge in [0.1, 0.15) is 5.69 Å². The Balaban J connectivity index is 1.30. The van der Waals surface area contributed by atoms with Crippen LogP contribution in [0, 0.1) is 23.7 Å². The number of hydrogen-bond acceptors (Lipinski definition) is 9. The Morgan fingerprint density at radius 1 is 1.13 bits per heavy atom. The van der Waals surface area contributed by atoms with E-state index in [1.54, 1.807) is 24.7 Å². The number of aliphatic hydroxyl groups excluding tert-OH is 3. The number of aliphatic hydroxyl groups is 3. The number of likely N-dealkylation sites (tertiary alicyclic amines) is 1. The molecule has 2 saturated carbocycles. The van der Waals surface area contributed by atoms with E-state index >= 15 is 0 Å². The fraction of sp³-hybridized carbons (Fsp3) is 0.593. The van der Waals surface area contributed by atoms with Gasteiger partial charge < -0.3 is 20.2 Å². The molecule has 0 unspecified atom stereocenters. The Hall–Kier alpha value is -3.15. The molecule has 1 saturated heterocycles. The number of benzene rings is 1. The number of carbonyl (C=O) groups is 2. The summed E-state index contributed by atoms with van der Waals surface area (Å²) in [5, 5.41) is 44.2. The van der Waals surface area contributed by atoms with Crippen molar-refractivity contribution in [3.63, 3.8) is 0 Å². The zero-order valence-electron chi connectivity index (χ0n) is 21.6. The number of imide groups is 1. The highest BCUT2D eigenvalue weighted by Gasteiger charge is 2.59. The number of amides is 2. The van der Waals surface area contributed by atoms with Gasteiger partial charge in [0, 0.05) is 24.8 Å². The van der Waals surface area contributed by atoms with Crippen LogP contribution >= 0.6 is 0 Å². The van der Waals surface area contributed by atoms with E-state index < -0.39 is 36.1 Å². The molecule has 5 rings (SSSR count). The van der Waals surface area contributed by atoms with Crippen LogP contribution in [0.1, 0.15) is 56.5 Å². The van der Waals surface area contributed by atoms with E-state index in [4.69, 9.17) is 4.84 Å². The topological polar surface area (TPSA) is 150 Å². The molecule has 38 heavy (non-hydrogen) atoms. The summed E-state index contributed by atoms with van der Waals surface area (Å²) in [6.07, 6.45) is 0.788. The van der Waals surface area contributed by atoms with Gasteiger partial charge in [0.2, 0.25) is 11.8 Å². The molecule has 2 aromatic rings. The molecule has 204 valence electrons. The summed E-state index contributed by atoms with van der Waals surface area (Å²) in [4.78, 5) is 32.9. The van der Waals surface area contributed by atoms with Gasteiger partial charge in [-0.1, -0.05) is 40.7 Å². The molecule has 0 bridgehead atoms. The molecule has 1 aliphatic heterocycles. The van der Waals surface area contributed by atoms with Crippen molar-refractivity contribution < 1.29 is 29.7 Å². The molecular weight excluding hydrogens is 490 g/mol. The third-order valence-electron chi connectivity index (χ3n) is 8.36. The first-order valence-corrected chi connectivity index (χ1v) is 13.3. The Kier molecular flexibility index (Phi) is 7.60. The third-order valence-corrected chi connectivity index (χ3v) is 8.36. The number of aromatic nitrogens is 3. The number of nitrogens with zero attached hydrogens (tertiary/aromatic N) is 5. The van der Waals surface area contributed by atoms with Gasteiger partial charge in [-0.3, -0.25) is 14.5 Å². The predicted molar refractivity (Wildman–Crippen MR) is 135 cm³/mol. The Labute approximate surface area is 221 Å². The zero-order chi connectivity index (χ0) is 27.0. The fourth-order valence-electron chi connectivity index (χ4n) is 6.33. The standard InChI is InChI=1S/C27H35N5O6/c1-3-31-26(36)19-10-9-18-20(12-22(34)25(35)23(18)24(19)27(31)37)29-38-15(2)21-13-32(30-28-21)17(14-33)11-16-7-5-4-6-8-16/h4-8,13,15,17-19,22-25,33-35H,3,9-12,14H2,1-2H3/t15-,17+,18+,19-,22-,23+,24+,25-/m1/s1. The Morgan fingerprint density at radius 2 is 1.87 bits per heavy atom. The maximum absolute atomic E-state index is 13.0. The molecule has 0 spiro atoms. The fourth-order valence-corrected chi connectivity index (χ4v) is 6.33.